The number of para-hydroxylation sites is 1. The molecule has 0 spiro atoms. The average molecular weight is 437 g/mol. The summed E-state index contributed by atoms with van der Waals surface area (Å²) in [6, 6.07) is 29.7. The summed E-state index contributed by atoms with van der Waals surface area (Å²) in [4.78, 5) is 16.9. The van der Waals surface area contributed by atoms with Crippen molar-refractivity contribution in [3.8, 4) is 6.07 Å². The molecule has 1 saturated heterocycles. The van der Waals surface area contributed by atoms with Crippen molar-refractivity contribution in [1.29, 1.82) is 5.26 Å². The van der Waals surface area contributed by atoms with E-state index < -0.39 is 0 Å². The second-order valence-electron chi connectivity index (χ2n) is 8.38. The van der Waals surface area contributed by atoms with Gasteiger partial charge >= 0.3 is 0 Å². The quantitative estimate of drug-likeness (QED) is 0.323. The maximum Gasteiger partial charge on any atom is 0.266 e. The van der Waals surface area contributed by atoms with Gasteiger partial charge in [0.25, 0.3) is 5.91 Å². The fraction of sp³-hybridized carbons (Fsp3) is 0.214. The van der Waals surface area contributed by atoms with E-state index in [9.17, 15) is 10.1 Å². The number of nitrogen functional groups attached to an aromatic ring is 1. The number of rotatable bonds is 6. The Bertz CT molecular complexity index is 1130. The van der Waals surface area contributed by atoms with Crippen LogP contribution in [-0.4, -0.2) is 23.9 Å². The Morgan fingerprint density at radius 2 is 1.52 bits per heavy atom. The maximum atomic E-state index is 13.2. The summed E-state index contributed by atoms with van der Waals surface area (Å²) in [6.45, 7) is 1.34. The molecule has 3 aromatic rings. The number of benzene rings is 3. The first-order chi connectivity index (χ1) is 16.1. The lowest BCUT2D eigenvalue weighted by Gasteiger charge is -2.32. The third kappa shape index (κ3) is 5.61. The van der Waals surface area contributed by atoms with E-state index in [1.165, 1.54) is 5.56 Å². The van der Waals surface area contributed by atoms with E-state index in [0.29, 0.717) is 24.7 Å². The largest absolute Gasteiger partial charge is 0.399 e. The summed E-state index contributed by atoms with van der Waals surface area (Å²) in [5.41, 5.74) is 9.66. The Morgan fingerprint density at radius 1 is 0.939 bits per heavy atom. The Kier molecular flexibility index (Phi) is 7.06. The number of carbonyl (C=O) groups is 1. The Labute approximate surface area is 195 Å². The molecule has 1 aliphatic heterocycles. The molecule has 1 heterocycles. The van der Waals surface area contributed by atoms with Gasteiger partial charge in [-0.15, -0.1) is 0 Å². The molecule has 5 nitrogen and oxygen atoms in total. The molecule has 33 heavy (non-hydrogen) atoms. The second kappa shape index (κ2) is 10.5. The molecule has 4 rings (SSSR count). The van der Waals surface area contributed by atoms with Crippen molar-refractivity contribution in [2.24, 2.45) is 5.92 Å². The van der Waals surface area contributed by atoms with Gasteiger partial charge in [0.2, 0.25) is 0 Å². The number of nitrogens with zero attached hydrogens (tertiary/aromatic N) is 3. The molecule has 0 unspecified atom stereocenters. The van der Waals surface area contributed by atoms with Crippen molar-refractivity contribution in [3.05, 3.63) is 102 Å². The number of anilines is 3. The fourth-order valence-electron chi connectivity index (χ4n) is 4.24. The van der Waals surface area contributed by atoms with Crippen molar-refractivity contribution in [2.45, 2.75) is 19.3 Å². The standard InChI is InChI=1S/C28H28N4O/c29-20-24(21-32(26-9-5-2-6-10-26)27-13-11-25(30)12-14-27)28(33)31-17-15-23(16-18-31)19-22-7-3-1-4-8-22/h1-14,21,23H,15-19,30H2/b24-21-. The number of likely N-dealkylation sites (tertiary alicyclic amines) is 1. The number of hydrogen-bond acceptors (Lipinski definition) is 4. The molecule has 0 bridgehead atoms. The summed E-state index contributed by atoms with van der Waals surface area (Å²) >= 11 is 0. The Hall–Kier alpha value is -4.04. The number of amides is 1. The molecule has 0 saturated carbocycles. The topological polar surface area (TPSA) is 73.4 Å². The number of nitriles is 1. The number of hydrogen-bond donors (Lipinski definition) is 1. The van der Waals surface area contributed by atoms with Gasteiger partial charge in [0.05, 0.1) is 0 Å². The van der Waals surface area contributed by atoms with E-state index >= 15 is 0 Å². The van der Waals surface area contributed by atoms with Crippen molar-refractivity contribution >= 4 is 23.0 Å². The smallest absolute Gasteiger partial charge is 0.266 e. The molecule has 0 aliphatic carbocycles. The van der Waals surface area contributed by atoms with Crippen LogP contribution in [0.15, 0.2) is 96.7 Å². The molecule has 3 aromatic carbocycles. The average Bonchev–Trinajstić information content (AvgIpc) is 2.87. The fourth-order valence-corrected chi connectivity index (χ4v) is 4.24. The minimum Gasteiger partial charge on any atom is -0.399 e. The van der Waals surface area contributed by atoms with Crippen LogP contribution in [-0.2, 0) is 11.2 Å². The van der Waals surface area contributed by atoms with E-state index in [-0.39, 0.29) is 11.5 Å². The third-order valence-electron chi connectivity index (χ3n) is 6.08. The van der Waals surface area contributed by atoms with Gasteiger partial charge in [-0.25, -0.2) is 0 Å². The molecule has 2 N–H and O–H groups in total. The number of carbonyl (C=O) groups excluding carboxylic acids is 1. The van der Waals surface area contributed by atoms with Gasteiger partial charge in [-0.3, -0.25) is 4.79 Å². The van der Waals surface area contributed by atoms with Crippen LogP contribution in [0.1, 0.15) is 18.4 Å². The predicted molar refractivity (Wildman–Crippen MR) is 133 cm³/mol. The minimum atomic E-state index is -0.216. The highest BCUT2D eigenvalue weighted by Gasteiger charge is 2.26. The second-order valence-corrected chi connectivity index (χ2v) is 8.38. The molecule has 1 aliphatic rings. The molecule has 5 heteroatoms. The zero-order valence-electron chi connectivity index (χ0n) is 18.6. The first-order valence-corrected chi connectivity index (χ1v) is 11.3. The van der Waals surface area contributed by atoms with Crippen LogP contribution in [0.3, 0.4) is 0 Å². The summed E-state index contributed by atoms with van der Waals surface area (Å²) in [7, 11) is 0. The van der Waals surface area contributed by atoms with Crippen molar-refractivity contribution in [3.63, 3.8) is 0 Å². The molecule has 0 aromatic heterocycles. The minimum absolute atomic E-state index is 0.122. The van der Waals surface area contributed by atoms with Gasteiger partial charge in [0.15, 0.2) is 0 Å². The van der Waals surface area contributed by atoms with Crippen molar-refractivity contribution < 1.29 is 4.79 Å². The summed E-state index contributed by atoms with van der Waals surface area (Å²) in [5.74, 6) is 0.341. The van der Waals surface area contributed by atoms with Gasteiger partial charge < -0.3 is 15.5 Å². The summed E-state index contributed by atoms with van der Waals surface area (Å²) in [6.07, 6.45) is 4.56. The highest BCUT2D eigenvalue weighted by Crippen LogP contribution is 2.28. The van der Waals surface area contributed by atoms with Crippen molar-refractivity contribution in [1.82, 2.24) is 4.90 Å². The van der Waals surface area contributed by atoms with Crippen LogP contribution in [0, 0.1) is 17.2 Å². The van der Waals surface area contributed by atoms with Gasteiger partial charge in [-0.1, -0.05) is 48.5 Å². The highest BCUT2D eigenvalue weighted by molar-refractivity contribution is 5.98. The number of nitrogens with two attached hydrogens (primary N) is 1. The van der Waals surface area contributed by atoms with Gasteiger partial charge in [-0.05, 0) is 67.1 Å². The van der Waals surface area contributed by atoms with Crippen LogP contribution in [0.2, 0.25) is 0 Å². The maximum absolute atomic E-state index is 13.2. The molecular formula is C28H28N4O. The van der Waals surface area contributed by atoms with Gasteiger partial charge in [-0.2, -0.15) is 5.26 Å². The molecule has 0 atom stereocenters. The number of piperidine rings is 1. The molecular weight excluding hydrogens is 408 g/mol. The zero-order chi connectivity index (χ0) is 23.0. The molecule has 0 radical (unpaired) electrons. The first kappa shape index (κ1) is 22.2. The predicted octanol–water partition coefficient (Wildman–Crippen LogP) is 5.30. The Morgan fingerprint density at radius 3 is 2.12 bits per heavy atom. The summed E-state index contributed by atoms with van der Waals surface area (Å²) in [5, 5.41) is 9.85. The van der Waals surface area contributed by atoms with Gasteiger partial charge in [0.1, 0.15) is 11.6 Å². The van der Waals surface area contributed by atoms with Crippen molar-refractivity contribution in [2.75, 3.05) is 23.7 Å². The van der Waals surface area contributed by atoms with Crippen LogP contribution in [0.4, 0.5) is 17.1 Å². The van der Waals surface area contributed by atoms with Crippen LogP contribution < -0.4 is 10.6 Å². The van der Waals surface area contributed by atoms with E-state index in [1.807, 2.05) is 70.5 Å². The molecule has 1 amide bonds. The third-order valence-corrected chi connectivity index (χ3v) is 6.08. The Balaban J connectivity index is 1.50. The molecule has 1 fully saturated rings. The van der Waals surface area contributed by atoms with Crippen LogP contribution in [0.5, 0.6) is 0 Å². The van der Waals surface area contributed by atoms with E-state index in [1.54, 1.807) is 6.20 Å². The monoisotopic (exact) mass is 436 g/mol. The SMILES string of the molecule is N#C/C(=C/N(c1ccccc1)c1ccc(N)cc1)C(=O)N1CCC(Cc2ccccc2)CC1. The van der Waals surface area contributed by atoms with E-state index in [2.05, 4.69) is 30.3 Å². The lowest BCUT2D eigenvalue weighted by Crippen LogP contribution is -2.39. The zero-order valence-corrected chi connectivity index (χ0v) is 18.6. The normalized spacial score (nSPS) is 14.5. The van der Waals surface area contributed by atoms with Gasteiger partial charge in [0, 0.05) is 36.4 Å². The first-order valence-electron chi connectivity index (χ1n) is 11.3. The van der Waals surface area contributed by atoms with E-state index in [4.69, 9.17) is 5.73 Å². The van der Waals surface area contributed by atoms with Crippen LogP contribution in [0.25, 0.3) is 0 Å². The van der Waals surface area contributed by atoms with Crippen LogP contribution >= 0.6 is 0 Å². The summed E-state index contributed by atoms with van der Waals surface area (Å²) < 4.78 is 0. The lowest BCUT2D eigenvalue weighted by molar-refractivity contribution is -0.128. The lowest BCUT2D eigenvalue weighted by atomic mass is 9.90. The highest BCUT2D eigenvalue weighted by atomic mass is 16.2. The molecule has 166 valence electrons. The van der Waals surface area contributed by atoms with E-state index in [0.717, 1.165) is 30.6 Å².